The number of halogens is 2. The fourth-order valence-corrected chi connectivity index (χ4v) is 3.58. The lowest BCUT2D eigenvalue weighted by molar-refractivity contribution is -0.145. The first-order chi connectivity index (χ1) is 12.9. The molecule has 0 N–H and O–H groups in total. The van der Waals surface area contributed by atoms with E-state index in [1.165, 1.54) is 6.08 Å². The second kappa shape index (κ2) is 8.33. The van der Waals surface area contributed by atoms with Crippen molar-refractivity contribution in [3.8, 4) is 11.3 Å². The van der Waals surface area contributed by atoms with E-state index in [4.69, 9.17) is 20.8 Å². The Kier molecular flexibility index (Phi) is 6.08. The third-order valence-electron chi connectivity index (χ3n) is 3.57. The first kappa shape index (κ1) is 19.7. The summed E-state index contributed by atoms with van der Waals surface area (Å²) in [5.74, 6) is -0.205. The first-order valence-electron chi connectivity index (χ1n) is 7.85. The molecule has 1 aromatic carbocycles. The number of rotatable bonds is 5. The highest BCUT2D eigenvalue weighted by Gasteiger charge is 2.36. The van der Waals surface area contributed by atoms with Gasteiger partial charge in [-0.2, -0.15) is 0 Å². The van der Waals surface area contributed by atoms with Crippen LogP contribution < -0.4 is 0 Å². The molecule has 140 valence electrons. The van der Waals surface area contributed by atoms with Gasteiger partial charge in [-0.3, -0.25) is 19.3 Å². The number of nitrogens with zero attached hydrogens (tertiary/aromatic N) is 1. The lowest BCUT2D eigenvalue weighted by atomic mass is 10.2. The molecule has 3 rings (SSSR count). The second-order valence-electron chi connectivity index (χ2n) is 5.40. The van der Waals surface area contributed by atoms with E-state index < -0.39 is 23.7 Å². The molecule has 1 aliphatic heterocycles. The Balaban J connectivity index is 1.78. The molecule has 0 spiro atoms. The topological polar surface area (TPSA) is 76.8 Å². The van der Waals surface area contributed by atoms with E-state index in [0.29, 0.717) is 16.5 Å². The van der Waals surface area contributed by atoms with Gasteiger partial charge in [-0.1, -0.05) is 17.7 Å². The van der Waals surface area contributed by atoms with Crippen LogP contribution in [0.3, 0.4) is 0 Å². The Bertz CT molecular complexity index is 955. The van der Waals surface area contributed by atoms with Gasteiger partial charge in [-0.15, -0.1) is 0 Å². The molecule has 0 bridgehead atoms. The van der Waals surface area contributed by atoms with Gasteiger partial charge in [0, 0.05) is 16.1 Å². The number of hydrogen-bond donors (Lipinski definition) is 0. The minimum atomic E-state index is -0.631. The number of hydrogen-bond acceptors (Lipinski definition) is 6. The summed E-state index contributed by atoms with van der Waals surface area (Å²) in [5.41, 5.74) is 0.776. The third kappa shape index (κ3) is 4.45. The summed E-state index contributed by atoms with van der Waals surface area (Å²) in [5, 5.41) is 0.0244. The summed E-state index contributed by atoms with van der Waals surface area (Å²) in [6.45, 7) is 1.43. The highest BCUT2D eigenvalue weighted by atomic mass is 79.9. The van der Waals surface area contributed by atoms with Crippen LogP contribution in [0.2, 0.25) is 5.02 Å². The quantitative estimate of drug-likeness (QED) is 0.454. The molecule has 27 heavy (non-hydrogen) atoms. The van der Waals surface area contributed by atoms with Crippen molar-refractivity contribution in [3.05, 3.63) is 50.5 Å². The summed E-state index contributed by atoms with van der Waals surface area (Å²) in [4.78, 5) is 36.9. The lowest BCUT2D eigenvalue weighted by Gasteiger charge is -2.10. The van der Waals surface area contributed by atoms with E-state index in [0.717, 1.165) is 26.7 Å². The van der Waals surface area contributed by atoms with Crippen molar-refractivity contribution in [2.75, 3.05) is 13.2 Å². The number of amides is 2. The number of carbonyl (C=O) groups excluding carboxylic acids is 3. The Morgan fingerprint density at radius 2 is 2.11 bits per heavy atom. The number of esters is 1. The Hall–Kier alpha value is -2.03. The summed E-state index contributed by atoms with van der Waals surface area (Å²) in [7, 11) is 0. The molecule has 1 fully saturated rings. The standard InChI is InChI=1S/C18H13BrClNO5S/c1-2-25-16(22)9-21-17(23)15(27-18(21)24)8-11-4-6-14(26-11)10-3-5-12(19)13(20)7-10/h3-8H,2,9H2,1H3/b15-8+. The number of ether oxygens (including phenoxy) is 1. The maximum absolute atomic E-state index is 12.4. The zero-order valence-corrected chi connectivity index (χ0v) is 17.2. The van der Waals surface area contributed by atoms with Crippen LogP contribution in [0.1, 0.15) is 12.7 Å². The van der Waals surface area contributed by atoms with Gasteiger partial charge >= 0.3 is 5.97 Å². The fourth-order valence-electron chi connectivity index (χ4n) is 2.34. The molecule has 9 heteroatoms. The number of benzene rings is 1. The Morgan fingerprint density at radius 1 is 1.33 bits per heavy atom. The van der Waals surface area contributed by atoms with Gasteiger partial charge in [0.05, 0.1) is 16.5 Å². The highest BCUT2D eigenvalue weighted by molar-refractivity contribution is 9.10. The van der Waals surface area contributed by atoms with Crippen LogP contribution in [0.15, 0.2) is 44.1 Å². The van der Waals surface area contributed by atoms with Crippen molar-refractivity contribution in [2.45, 2.75) is 6.92 Å². The molecule has 0 saturated carbocycles. The molecule has 2 aromatic rings. The van der Waals surface area contributed by atoms with Gasteiger partial charge in [0.1, 0.15) is 18.1 Å². The van der Waals surface area contributed by atoms with Crippen LogP contribution in [0.4, 0.5) is 4.79 Å². The van der Waals surface area contributed by atoms with Crippen molar-refractivity contribution in [2.24, 2.45) is 0 Å². The summed E-state index contributed by atoms with van der Waals surface area (Å²) < 4.78 is 11.3. The SMILES string of the molecule is CCOC(=O)CN1C(=O)S/C(=C/c2ccc(-c3ccc(Br)c(Cl)c3)o2)C1=O. The molecule has 0 aliphatic carbocycles. The molecule has 1 aliphatic rings. The minimum Gasteiger partial charge on any atom is -0.465 e. The number of imide groups is 1. The van der Waals surface area contributed by atoms with Crippen molar-refractivity contribution in [1.82, 2.24) is 4.90 Å². The van der Waals surface area contributed by atoms with Gasteiger partial charge in [-0.05, 0) is 58.9 Å². The largest absolute Gasteiger partial charge is 0.465 e. The van der Waals surface area contributed by atoms with Crippen LogP contribution in [-0.2, 0) is 14.3 Å². The average Bonchev–Trinajstić information content (AvgIpc) is 3.18. The number of thioether (sulfide) groups is 1. The molecule has 6 nitrogen and oxygen atoms in total. The highest BCUT2D eigenvalue weighted by Crippen LogP contribution is 2.34. The van der Waals surface area contributed by atoms with Gasteiger partial charge in [0.2, 0.25) is 0 Å². The lowest BCUT2D eigenvalue weighted by Crippen LogP contribution is -2.34. The third-order valence-corrected chi connectivity index (χ3v) is 5.71. The van der Waals surface area contributed by atoms with Gasteiger partial charge in [0.25, 0.3) is 11.1 Å². The summed E-state index contributed by atoms with van der Waals surface area (Å²) in [6, 6.07) is 8.83. The van der Waals surface area contributed by atoms with Crippen LogP contribution in [0.25, 0.3) is 17.4 Å². The Labute approximate surface area is 172 Å². The first-order valence-corrected chi connectivity index (χ1v) is 9.84. The predicted molar refractivity (Wildman–Crippen MR) is 106 cm³/mol. The zero-order chi connectivity index (χ0) is 19.6. The van der Waals surface area contributed by atoms with E-state index in [2.05, 4.69) is 15.9 Å². The fraction of sp³-hybridized carbons (Fsp3) is 0.167. The monoisotopic (exact) mass is 469 g/mol. The molecule has 1 aromatic heterocycles. The smallest absolute Gasteiger partial charge is 0.326 e. The van der Waals surface area contributed by atoms with E-state index in [1.807, 2.05) is 6.07 Å². The van der Waals surface area contributed by atoms with E-state index in [9.17, 15) is 14.4 Å². The molecule has 2 heterocycles. The molecular weight excluding hydrogens is 458 g/mol. The van der Waals surface area contributed by atoms with Gasteiger partial charge in [-0.25, -0.2) is 0 Å². The van der Waals surface area contributed by atoms with Crippen molar-refractivity contribution < 1.29 is 23.5 Å². The average molecular weight is 471 g/mol. The van der Waals surface area contributed by atoms with Gasteiger partial charge < -0.3 is 9.15 Å². The molecule has 1 saturated heterocycles. The number of furan rings is 1. The van der Waals surface area contributed by atoms with Crippen LogP contribution in [-0.4, -0.2) is 35.2 Å². The summed E-state index contributed by atoms with van der Waals surface area (Å²) >= 11 is 10.2. The van der Waals surface area contributed by atoms with Crippen molar-refractivity contribution >= 4 is 62.5 Å². The minimum absolute atomic E-state index is 0.180. The maximum atomic E-state index is 12.4. The zero-order valence-electron chi connectivity index (χ0n) is 14.0. The van der Waals surface area contributed by atoms with E-state index in [1.54, 1.807) is 31.2 Å². The Morgan fingerprint density at radius 3 is 2.81 bits per heavy atom. The van der Waals surface area contributed by atoms with Crippen molar-refractivity contribution in [3.63, 3.8) is 0 Å². The normalized spacial score (nSPS) is 15.7. The molecule has 0 radical (unpaired) electrons. The predicted octanol–water partition coefficient (Wildman–Crippen LogP) is 4.96. The van der Waals surface area contributed by atoms with Crippen LogP contribution >= 0.6 is 39.3 Å². The maximum Gasteiger partial charge on any atom is 0.326 e. The van der Waals surface area contributed by atoms with Crippen molar-refractivity contribution in [1.29, 1.82) is 0 Å². The van der Waals surface area contributed by atoms with Crippen LogP contribution in [0.5, 0.6) is 0 Å². The molecule has 0 atom stereocenters. The second-order valence-corrected chi connectivity index (χ2v) is 7.66. The molecular formula is C18H13BrClNO5S. The molecule has 2 amide bonds. The number of carbonyl (C=O) groups is 3. The summed E-state index contributed by atoms with van der Waals surface area (Å²) in [6.07, 6.45) is 1.47. The van der Waals surface area contributed by atoms with E-state index in [-0.39, 0.29) is 11.5 Å². The molecule has 0 unspecified atom stereocenters. The van der Waals surface area contributed by atoms with Crippen LogP contribution in [0, 0.1) is 0 Å². The van der Waals surface area contributed by atoms with E-state index >= 15 is 0 Å². The van der Waals surface area contributed by atoms with Gasteiger partial charge in [0.15, 0.2) is 0 Å².